The van der Waals surface area contributed by atoms with Crippen LogP contribution in [0.3, 0.4) is 0 Å². The first-order valence-corrected chi connectivity index (χ1v) is 9.96. The number of halogens is 3. The second kappa shape index (κ2) is 10.0. The lowest BCUT2D eigenvalue weighted by Crippen LogP contribution is -2.35. The van der Waals surface area contributed by atoms with Gasteiger partial charge in [0.25, 0.3) is 0 Å². The van der Waals surface area contributed by atoms with Gasteiger partial charge in [-0.05, 0) is 37.3 Å². The van der Waals surface area contributed by atoms with Crippen molar-refractivity contribution in [3.63, 3.8) is 0 Å². The monoisotopic (exact) mass is 439 g/mol. The van der Waals surface area contributed by atoms with Crippen molar-refractivity contribution in [2.24, 2.45) is 5.73 Å². The number of aromatic nitrogens is 2. The SMILES string of the molecule is CSc1nc(N)nc(NCCC[C@H](Nc2cccc(C(F)(F)F)c2)C(N)=O)c1C#N. The summed E-state index contributed by atoms with van der Waals surface area (Å²) in [6, 6.07) is 5.68. The molecule has 8 nitrogen and oxygen atoms in total. The molecule has 1 amide bonds. The van der Waals surface area contributed by atoms with E-state index in [2.05, 4.69) is 20.6 Å². The van der Waals surface area contributed by atoms with Gasteiger partial charge in [-0.15, -0.1) is 11.8 Å². The third kappa shape index (κ3) is 6.15. The van der Waals surface area contributed by atoms with Crippen molar-refractivity contribution < 1.29 is 18.0 Å². The number of anilines is 3. The number of nitrogens with two attached hydrogens (primary N) is 2. The third-order valence-electron chi connectivity index (χ3n) is 4.03. The fourth-order valence-electron chi connectivity index (χ4n) is 2.62. The van der Waals surface area contributed by atoms with E-state index in [1.165, 1.54) is 23.9 Å². The Morgan fingerprint density at radius 2 is 2.10 bits per heavy atom. The Bertz CT molecular complexity index is 946. The number of carbonyl (C=O) groups excluding carboxylic acids is 1. The Balaban J connectivity index is 2.00. The molecule has 0 spiro atoms. The Labute approximate surface area is 175 Å². The van der Waals surface area contributed by atoms with E-state index in [9.17, 15) is 23.2 Å². The summed E-state index contributed by atoms with van der Waals surface area (Å²) < 4.78 is 38.5. The first-order valence-electron chi connectivity index (χ1n) is 8.74. The molecule has 0 aliphatic carbocycles. The van der Waals surface area contributed by atoms with Crippen molar-refractivity contribution in [3.8, 4) is 6.07 Å². The van der Waals surface area contributed by atoms with Crippen LogP contribution in [0.1, 0.15) is 24.0 Å². The highest BCUT2D eigenvalue weighted by Gasteiger charge is 2.30. The van der Waals surface area contributed by atoms with E-state index in [0.717, 1.165) is 12.1 Å². The normalized spacial score (nSPS) is 12.1. The maximum Gasteiger partial charge on any atom is 0.416 e. The maximum absolute atomic E-state index is 12.8. The molecular weight excluding hydrogens is 419 g/mol. The van der Waals surface area contributed by atoms with Crippen molar-refractivity contribution in [1.29, 1.82) is 5.26 Å². The zero-order valence-corrected chi connectivity index (χ0v) is 16.8. The van der Waals surface area contributed by atoms with E-state index >= 15 is 0 Å². The number of nitriles is 1. The molecule has 0 radical (unpaired) electrons. The zero-order valence-electron chi connectivity index (χ0n) is 16.0. The fraction of sp³-hybridized carbons (Fsp3) is 0.333. The van der Waals surface area contributed by atoms with Gasteiger partial charge in [-0.25, -0.2) is 4.98 Å². The highest BCUT2D eigenvalue weighted by molar-refractivity contribution is 7.98. The van der Waals surface area contributed by atoms with Crippen molar-refractivity contribution in [3.05, 3.63) is 35.4 Å². The Kier molecular flexibility index (Phi) is 7.71. The first kappa shape index (κ1) is 23.1. The molecule has 0 bridgehead atoms. The number of nitrogen functional groups attached to an aromatic ring is 1. The number of nitrogens with zero attached hydrogens (tertiary/aromatic N) is 3. The van der Waals surface area contributed by atoms with Gasteiger partial charge in [-0.2, -0.15) is 23.4 Å². The third-order valence-corrected chi connectivity index (χ3v) is 4.72. The molecule has 0 unspecified atom stereocenters. The summed E-state index contributed by atoms with van der Waals surface area (Å²) in [5, 5.41) is 15.5. The minimum Gasteiger partial charge on any atom is -0.374 e. The number of hydrogen-bond donors (Lipinski definition) is 4. The number of thioether (sulfide) groups is 1. The number of hydrogen-bond acceptors (Lipinski definition) is 8. The minimum atomic E-state index is -4.49. The van der Waals surface area contributed by atoms with Crippen LogP contribution in [0.5, 0.6) is 0 Å². The van der Waals surface area contributed by atoms with Crippen molar-refractivity contribution in [2.75, 3.05) is 29.2 Å². The molecule has 30 heavy (non-hydrogen) atoms. The van der Waals surface area contributed by atoms with Crippen LogP contribution in [0.4, 0.5) is 30.6 Å². The van der Waals surface area contributed by atoms with Crippen LogP contribution in [0.25, 0.3) is 0 Å². The quantitative estimate of drug-likeness (QED) is 0.265. The van der Waals surface area contributed by atoms with E-state index in [1.54, 1.807) is 6.26 Å². The van der Waals surface area contributed by atoms with E-state index in [-0.39, 0.29) is 29.4 Å². The Morgan fingerprint density at radius 3 is 2.70 bits per heavy atom. The first-order chi connectivity index (χ1) is 14.2. The van der Waals surface area contributed by atoms with Gasteiger partial charge in [0.05, 0.1) is 5.56 Å². The molecule has 1 atom stereocenters. The molecule has 0 saturated heterocycles. The van der Waals surface area contributed by atoms with Gasteiger partial charge < -0.3 is 22.1 Å². The Morgan fingerprint density at radius 1 is 1.37 bits per heavy atom. The summed E-state index contributed by atoms with van der Waals surface area (Å²) in [4.78, 5) is 19.7. The lowest BCUT2D eigenvalue weighted by Gasteiger charge is -2.18. The Hall–Kier alpha value is -3.20. The minimum absolute atomic E-state index is 0.0158. The summed E-state index contributed by atoms with van der Waals surface area (Å²) in [6.07, 6.45) is -2.07. The van der Waals surface area contributed by atoms with Crippen LogP contribution >= 0.6 is 11.8 Å². The van der Waals surface area contributed by atoms with Crippen LogP contribution < -0.4 is 22.1 Å². The molecule has 1 heterocycles. The second-order valence-electron chi connectivity index (χ2n) is 6.17. The van der Waals surface area contributed by atoms with E-state index in [0.29, 0.717) is 18.0 Å². The molecule has 0 aliphatic rings. The van der Waals surface area contributed by atoms with Crippen LogP contribution in [0, 0.1) is 11.3 Å². The molecule has 0 fully saturated rings. The number of rotatable bonds is 9. The molecule has 12 heteroatoms. The number of nitrogens with one attached hydrogen (secondary N) is 2. The average Bonchev–Trinajstić information content (AvgIpc) is 2.69. The highest BCUT2D eigenvalue weighted by atomic mass is 32.2. The van der Waals surface area contributed by atoms with Gasteiger partial charge in [0.1, 0.15) is 22.7 Å². The number of alkyl halides is 3. The predicted octanol–water partition coefficient (Wildman–Crippen LogP) is 2.83. The van der Waals surface area contributed by atoms with E-state index in [1.807, 2.05) is 6.07 Å². The number of carbonyl (C=O) groups is 1. The number of amides is 1. The fourth-order valence-corrected chi connectivity index (χ4v) is 3.15. The molecule has 0 aliphatic heterocycles. The summed E-state index contributed by atoms with van der Waals surface area (Å²) in [7, 11) is 0. The molecule has 1 aromatic carbocycles. The van der Waals surface area contributed by atoms with Crippen LogP contribution in [0.15, 0.2) is 29.3 Å². The average molecular weight is 439 g/mol. The lowest BCUT2D eigenvalue weighted by atomic mass is 10.1. The standard InChI is InChI=1S/C18H20F3N7OS/c1-30-16-12(9-22)15(27-17(24)28-16)25-7-3-6-13(14(23)29)26-11-5-2-4-10(8-11)18(19,20)21/h2,4-5,8,13,26H,3,6-7H2,1H3,(H2,23,29)(H3,24,25,27,28)/t13-/m0/s1. The lowest BCUT2D eigenvalue weighted by molar-refractivity contribution is -0.137. The summed E-state index contributed by atoms with van der Waals surface area (Å²) in [6.45, 7) is 0.326. The topological polar surface area (TPSA) is 143 Å². The highest BCUT2D eigenvalue weighted by Crippen LogP contribution is 2.31. The van der Waals surface area contributed by atoms with Crippen LogP contribution in [-0.4, -0.2) is 34.7 Å². The zero-order chi connectivity index (χ0) is 22.3. The maximum atomic E-state index is 12.8. The van der Waals surface area contributed by atoms with Crippen LogP contribution in [-0.2, 0) is 11.0 Å². The number of benzene rings is 1. The molecule has 6 N–H and O–H groups in total. The smallest absolute Gasteiger partial charge is 0.374 e. The van der Waals surface area contributed by atoms with Gasteiger partial charge in [0, 0.05) is 12.2 Å². The summed E-state index contributed by atoms with van der Waals surface area (Å²) >= 11 is 1.26. The van der Waals surface area contributed by atoms with Gasteiger partial charge in [-0.3, -0.25) is 4.79 Å². The van der Waals surface area contributed by atoms with Crippen molar-refractivity contribution >= 4 is 35.1 Å². The molecule has 2 rings (SSSR count). The molecule has 1 aromatic heterocycles. The molecular formula is C18H20F3N7OS. The van der Waals surface area contributed by atoms with Gasteiger partial charge >= 0.3 is 6.18 Å². The predicted molar refractivity (Wildman–Crippen MR) is 109 cm³/mol. The molecule has 2 aromatic rings. The van der Waals surface area contributed by atoms with E-state index < -0.39 is 23.7 Å². The van der Waals surface area contributed by atoms with Crippen LogP contribution in [0.2, 0.25) is 0 Å². The second-order valence-corrected chi connectivity index (χ2v) is 6.97. The summed E-state index contributed by atoms with van der Waals surface area (Å²) in [5.74, 6) is -0.404. The molecule has 0 saturated carbocycles. The largest absolute Gasteiger partial charge is 0.416 e. The van der Waals surface area contributed by atoms with Gasteiger partial charge in [0.2, 0.25) is 11.9 Å². The van der Waals surface area contributed by atoms with E-state index in [4.69, 9.17) is 11.5 Å². The van der Waals surface area contributed by atoms with Gasteiger partial charge in [-0.1, -0.05) is 6.07 Å². The van der Waals surface area contributed by atoms with Gasteiger partial charge in [0.15, 0.2) is 5.82 Å². The number of primary amides is 1. The van der Waals surface area contributed by atoms with Crippen molar-refractivity contribution in [2.45, 2.75) is 30.1 Å². The summed E-state index contributed by atoms with van der Waals surface area (Å²) in [5.41, 5.74) is 10.6. The van der Waals surface area contributed by atoms with Crippen molar-refractivity contribution in [1.82, 2.24) is 9.97 Å². The molecule has 160 valence electrons.